The molecule has 0 bridgehead atoms. The molecule has 0 aliphatic rings. The summed E-state index contributed by atoms with van der Waals surface area (Å²) in [5.41, 5.74) is 0.754. The lowest BCUT2D eigenvalue weighted by atomic mass is 10.2. The summed E-state index contributed by atoms with van der Waals surface area (Å²) >= 11 is 0. The second-order valence-electron chi connectivity index (χ2n) is 6.56. The van der Waals surface area contributed by atoms with Gasteiger partial charge < -0.3 is 13.7 Å². The van der Waals surface area contributed by atoms with Crippen LogP contribution in [-0.4, -0.2) is 37.7 Å². The van der Waals surface area contributed by atoms with Crippen molar-refractivity contribution in [3.05, 3.63) is 78.4 Å². The van der Waals surface area contributed by atoms with E-state index in [1.165, 1.54) is 74.9 Å². The molecule has 0 saturated heterocycles. The van der Waals surface area contributed by atoms with Gasteiger partial charge in [-0.2, -0.15) is 16.8 Å². The number of ether oxygens (including phenoxy) is 2. The Hall–Kier alpha value is -3.08. The average Bonchev–Trinajstić information content (AvgIpc) is 2.80. The summed E-state index contributed by atoms with van der Waals surface area (Å²) in [6.45, 7) is -0.0707. The highest BCUT2D eigenvalue weighted by atomic mass is 32.2. The van der Waals surface area contributed by atoms with Gasteiger partial charge in [0.1, 0.15) is 22.1 Å². The quantitative estimate of drug-likeness (QED) is 0.408. The zero-order chi connectivity index (χ0) is 23.2. The lowest BCUT2D eigenvalue weighted by molar-refractivity contribution is 0.322. The third-order valence-corrected chi connectivity index (χ3v) is 7.04. The second-order valence-corrected chi connectivity index (χ2v) is 9.72. The Labute approximate surface area is 187 Å². The molecular formula is C22H22O8S2. The standard InChI is InChI=1S/C22H22O8S2/c1-27-18-7-11-21(12-8-18)31(23,24)29-16-15-17-3-5-20(6-4-17)30-32(25,26)22-13-9-19(28-2)10-14-22/h3-14H,15-16H2,1-2H3. The number of rotatable bonds is 10. The Kier molecular flexibility index (Phi) is 7.39. The smallest absolute Gasteiger partial charge is 0.339 e. The van der Waals surface area contributed by atoms with Gasteiger partial charge in [0.05, 0.1) is 25.7 Å². The van der Waals surface area contributed by atoms with Crippen LogP contribution in [0.25, 0.3) is 0 Å². The molecule has 3 aromatic rings. The molecule has 0 amide bonds. The summed E-state index contributed by atoms with van der Waals surface area (Å²) in [4.78, 5) is 0.0327. The van der Waals surface area contributed by atoms with E-state index in [0.717, 1.165) is 5.56 Å². The van der Waals surface area contributed by atoms with Crippen LogP contribution < -0.4 is 13.7 Å². The van der Waals surface area contributed by atoms with Gasteiger partial charge in [0.15, 0.2) is 0 Å². The number of methoxy groups -OCH3 is 2. The van der Waals surface area contributed by atoms with Crippen molar-refractivity contribution < 1.29 is 34.7 Å². The van der Waals surface area contributed by atoms with Crippen molar-refractivity contribution in [1.29, 1.82) is 0 Å². The van der Waals surface area contributed by atoms with Gasteiger partial charge in [0.25, 0.3) is 10.1 Å². The molecule has 0 aliphatic carbocycles. The Bertz CT molecular complexity index is 1230. The van der Waals surface area contributed by atoms with Gasteiger partial charge in [-0.1, -0.05) is 12.1 Å². The molecule has 0 aliphatic heterocycles. The van der Waals surface area contributed by atoms with Crippen LogP contribution in [0.5, 0.6) is 17.2 Å². The third-order valence-electron chi connectivity index (χ3n) is 4.45. The van der Waals surface area contributed by atoms with E-state index in [4.69, 9.17) is 17.8 Å². The molecule has 0 aromatic heterocycles. The molecule has 10 heteroatoms. The zero-order valence-corrected chi connectivity index (χ0v) is 19.1. The van der Waals surface area contributed by atoms with Crippen LogP contribution in [0.15, 0.2) is 82.6 Å². The summed E-state index contributed by atoms with van der Waals surface area (Å²) in [6.07, 6.45) is 0.306. The first-order chi connectivity index (χ1) is 15.2. The van der Waals surface area contributed by atoms with Crippen LogP contribution in [0.2, 0.25) is 0 Å². The monoisotopic (exact) mass is 478 g/mol. The first-order valence-electron chi connectivity index (χ1n) is 9.44. The lowest BCUT2D eigenvalue weighted by Crippen LogP contribution is -2.10. The Morgan fingerprint density at radius 2 is 1.03 bits per heavy atom. The van der Waals surface area contributed by atoms with Crippen molar-refractivity contribution in [2.75, 3.05) is 20.8 Å². The largest absolute Gasteiger partial charge is 0.497 e. The SMILES string of the molecule is COc1ccc(S(=O)(=O)OCCc2ccc(OS(=O)(=O)c3ccc(OC)cc3)cc2)cc1. The Morgan fingerprint density at radius 3 is 1.50 bits per heavy atom. The Balaban J connectivity index is 1.57. The van der Waals surface area contributed by atoms with Crippen LogP contribution in [-0.2, 0) is 30.8 Å². The van der Waals surface area contributed by atoms with E-state index in [2.05, 4.69) is 0 Å². The minimum absolute atomic E-state index is 0.000449. The molecular weight excluding hydrogens is 456 g/mol. The highest BCUT2D eigenvalue weighted by molar-refractivity contribution is 7.87. The number of benzene rings is 3. The van der Waals surface area contributed by atoms with Crippen LogP contribution in [0.1, 0.15) is 5.56 Å². The molecule has 3 rings (SSSR count). The maximum Gasteiger partial charge on any atom is 0.339 e. The third kappa shape index (κ3) is 6.00. The normalized spacial score (nSPS) is 11.7. The summed E-state index contributed by atoms with van der Waals surface area (Å²) < 4.78 is 69.5. The van der Waals surface area contributed by atoms with Gasteiger partial charge in [-0.3, -0.25) is 4.18 Å². The van der Waals surface area contributed by atoms with Gasteiger partial charge >= 0.3 is 10.1 Å². The minimum atomic E-state index is -3.99. The van der Waals surface area contributed by atoms with Gasteiger partial charge in [-0.15, -0.1) is 0 Å². The summed E-state index contributed by atoms with van der Waals surface area (Å²) in [5.74, 6) is 1.21. The first-order valence-corrected chi connectivity index (χ1v) is 12.3. The highest BCUT2D eigenvalue weighted by Gasteiger charge is 2.17. The van der Waals surface area contributed by atoms with Crippen molar-refractivity contribution >= 4 is 20.2 Å². The molecule has 0 heterocycles. The molecule has 0 fully saturated rings. The predicted octanol–water partition coefficient (Wildman–Crippen LogP) is 3.42. The van der Waals surface area contributed by atoms with E-state index in [1.807, 2.05) is 0 Å². The Morgan fingerprint density at radius 1 is 0.594 bits per heavy atom. The number of hydrogen-bond acceptors (Lipinski definition) is 8. The molecule has 0 unspecified atom stereocenters. The minimum Gasteiger partial charge on any atom is -0.497 e. The van der Waals surface area contributed by atoms with E-state index >= 15 is 0 Å². The molecule has 3 aromatic carbocycles. The van der Waals surface area contributed by atoms with Gasteiger partial charge in [-0.25, -0.2) is 0 Å². The molecule has 8 nitrogen and oxygen atoms in total. The van der Waals surface area contributed by atoms with E-state index in [1.54, 1.807) is 12.1 Å². The van der Waals surface area contributed by atoms with Crippen molar-refractivity contribution in [2.24, 2.45) is 0 Å². The van der Waals surface area contributed by atoms with E-state index < -0.39 is 20.2 Å². The van der Waals surface area contributed by atoms with E-state index in [-0.39, 0.29) is 22.1 Å². The van der Waals surface area contributed by atoms with Gasteiger partial charge in [0, 0.05) is 0 Å². The van der Waals surface area contributed by atoms with E-state index in [0.29, 0.717) is 17.9 Å². The molecule has 32 heavy (non-hydrogen) atoms. The van der Waals surface area contributed by atoms with Gasteiger partial charge in [-0.05, 0) is 72.6 Å². The molecule has 170 valence electrons. The maximum atomic E-state index is 12.4. The fourth-order valence-corrected chi connectivity index (χ4v) is 4.55. The fraction of sp³-hybridized carbons (Fsp3) is 0.182. The number of hydrogen-bond donors (Lipinski definition) is 0. The molecule has 0 atom stereocenters. The van der Waals surface area contributed by atoms with Crippen LogP contribution >= 0.6 is 0 Å². The van der Waals surface area contributed by atoms with Crippen LogP contribution in [0.4, 0.5) is 0 Å². The highest BCUT2D eigenvalue weighted by Crippen LogP contribution is 2.22. The zero-order valence-electron chi connectivity index (χ0n) is 17.4. The molecule has 0 radical (unpaired) electrons. The van der Waals surface area contributed by atoms with Crippen molar-refractivity contribution in [2.45, 2.75) is 16.2 Å². The van der Waals surface area contributed by atoms with E-state index in [9.17, 15) is 16.8 Å². The lowest BCUT2D eigenvalue weighted by Gasteiger charge is -2.09. The molecule has 0 N–H and O–H groups in total. The predicted molar refractivity (Wildman–Crippen MR) is 117 cm³/mol. The summed E-state index contributed by atoms with van der Waals surface area (Å²) in [5, 5.41) is 0. The second kappa shape index (κ2) is 10.0. The summed E-state index contributed by atoms with van der Waals surface area (Å²) in [7, 11) is -4.91. The molecule has 0 spiro atoms. The van der Waals surface area contributed by atoms with Crippen molar-refractivity contribution in [1.82, 2.24) is 0 Å². The van der Waals surface area contributed by atoms with Crippen LogP contribution in [0, 0.1) is 0 Å². The van der Waals surface area contributed by atoms with Crippen molar-refractivity contribution in [3.63, 3.8) is 0 Å². The first kappa shape index (κ1) is 23.6. The topological polar surface area (TPSA) is 105 Å². The average molecular weight is 479 g/mol. The summed E-state index contributed by atoms with van der Waals surface area (Å²) in [6, 6.07) is 18.0. The fourth-order valence-electron chi connectivity index (χ4n) is 2.71. The molecule has 0 saturated carbocycles. The van der Waals surface area contributed by atoms with Crippen molar-refractivity contribution in [3.8, 4) is 17.2 Å². The van der Waals surface area contributed by atoms with Crippen LogP contribution in [0.3, 0.4) is 0 Å². The van der Waals surface area contributed by atoms with Gasteiger partial charge in [0.2, 0.25) is 0 Å². The maximum absolute atomic E-state index is 12.4.